The summed E-state index contributed by atoms with van der Waals surface area (Å²) in [5, 5.41) is 9.54. The summed E-state index contributed by atoms with van der Waals surface area (Å²) >= 11 is 0. The molecule has 0 saturated carbocycles. The van der Waals surface area contributed by atoms with Crippen LogP contribution in [0.3, 0.4) is 0 Å². The molecule has 0 bridgehead atoms. The fourth-order valence-corrected chi connectivity index (χ4v) is 3.08. The second-order valence-corrected chi connectivity index (χ2v) is 6.85. The van der Waals surface area contributed by atoms with Crippen LogP contribution in [0.25, 0.3) is 0 Å². The lowest BCUT2D eigenvalue weighted by Crippen LogP contribution is -2.19. The van der Waals surface area contributed by atoms with Crippen molar-refractivity contribution in [1.82, 2.24) is 0 Å². The van der Waals surface area contributed by atoms with Crippen LogP contribution in [0.1, 0.15) is 46.0 Å². The molecule has 2 rings (SSSR count). The fourth-order valence-electron chi connectivity index (χ4n) is 3.08. The van der Waals surface area contributed by atoms with Crippen molar-refractivity contribution in [3.05, 3.63) is 35.5 Å². The summed E-state index contributed by atoms with van der Waals surface area (Å²) in [7, 11) is 0. The molecule has 5 heteroatoms. The quantitative estimate of drug-likeness (QED) is 0.469. The van der Waals surface area contributed by atoms with Crippen molar-refractivity contribution in [2.45, 2.75) is 52.1 Å². The van der Waals surface area contributed by atoms with Crippen molar-refractivity contribution >= 4 is 11.9 Å². The molecule has 5 nitrogen and oxygen atoms in total. The number of aliphatic hydroxyl groups excluding tert-OH is 1. The van der Waals surface area contributed by atoms with Crippen LogP contribution < -0.4 is 0 Å². The minimum Gasteiger partial charge on any atom is -0.461 e. The third-order valence-corrected chi connectivity index (χ3v) is 5.06. The average Bonchev–Trinajstić information content (AvgIpc) is 2.88. The van der Waals surface area contributed by atoms with Crippen LogP contribution in [-0.4, -0.2) is 36.4 Å². The Kier molecular flexibility index (Phi) is 7.00. The molecular weight excluding hydrogens is 320 g/mol. The third kappa shape index (κ3) is 5.05. The van der Waals surface area contributed by atoms with E-state index in [2.05, 4.69) is 6.58 Å². The van der Waals surface area contributed by atoms with Crippen LogP contribution in [0.2, 0.25) is 0 Å². The van der Waals surface area contributed by atoms with E-state index in [0.29, 0.717) is 18.4 Å². The molecule has 0 aromatic carbocycles. The smallest absolute Gasteiger partial charge is 0.334 e. The summed E-state index contributed by atoms with van der Waals surface area (Å²) in [5.41, 5.74) is 2.38. The number of allylic oxidation sites excluding steroid dienone is 2. The third-order valence-electron chi connectivity index (χ3n) is 5.06. The van der Waals surface area contributed by atoms with Gasteiger partial charge in [-0.3, -0.25) is 4.79 Å². The highest BCUT2D eigenvalue weighted by atomic mass is 16.6. The molecule has 0 radical (unpaired) electrons. The van der Waals surface area contributed by atoms with Gasteiger partial charge in [0, 0.05) is 17.9 Å². The van der Waals surface area contributed by atoms with Gasteiger partial charge in [-0.1, -0.05) is 32.6 Å². The fraction of sp³-hybridized carbons (Fsp3) is 0.600. The SMILES string of the molecule is C=C1C(=O)O[C@H]2C/C(CO)=C\CC/C(COC(=O)C(C)CC)=C\C[C@H]12. The first-order chi connectivity index (χ1) is 12.0. The van der Waals surface area contributed by atoms with E-state index in [4.69, 9.17) is 9.47 Å². The van der Waals surface area contributed by atoms with Crippen LogP contribution >= 0.6 is 0 Å². The van der Waals surface area contributed by atoms with E-state index >= 15 is 0 Å². The number of hydrogen-bond donors (Lipinski definition) is 1. The number of carbonyl (C=O) groups is 2. The molecule has 1 fully saturated rings. The van der Waals surface area contributed by atoms with Gasteiger partial charge in [-0.05, 0) is 36.8 Å². The first-order valence-electron chi connectivity index (χ1n) is 8.99. The highest BCUT2D eigenvalue weighted by Crippen LogP contribution is 2.34. The van der Waals surface area contributed by atoms with E-state index in [1.807, 2.05) is 26.0 Å². The van der Waals surface area contributed by atoms with Crippen molar-refractivity contribution in [3.8, 4) is 0 Å². The average molecular weight is 348 g/mol. The van der Waals surface area contributed by atoms with E-state index in [1.165, 1.54) is 0 Å². The molecule has 1 saturated heterocycles. The van der Waals surface area contributed by atoms with Crippen molar-refractivity contribution in [1.29, 1.82) is 0 Å². The molecular formula is C20H28O5. The Morgan fingerprint density at radius 2 is 2.20 bits per heavy atom. The predicted octanol–water partition coefficient (Wildman–Crippen LogP) is 3.09. The monoisotopic (exact) mass is 348 g/mol. The van der Waals surface area contributed by atoms with E-state index in [1.54, 1.807) is 0 Å². The minimum absolute atomic E-state index is 0.0463. The van der Waals surface area contributed by atoms with Crippen molar-refractivity contribution in [2.24, 2.45) is 11.8 Å². The van der Waals surface area contributed by atoms with Crippen LogP contribution in [0.4, 0.5) is 0 Å². The lowest BCUT2D eigenvalue weighted by Gasteiger charge is -2.20. The summed E-state index contributed by atoms with van der Waals surface area (Å²) in [6, 6.07) is 0. The Labute approximate surface area is 149 Å². The molecule has 1 heterocycles. The second kappa shape index (κ2) is 8.99. The zero-order valence-corrected chi connectivity index (χ0v) is 15.1. The van der Waals surface area contributed by atoms with Gasteiger partial charge in [0.1, 0.15) is 12.7 Å². The highest BCUT2D eigenvalue weighted by molar-refractivity contribution is 5.90. The van der Waals surface area contributed by atoms with Crippen LogP contribution in [0.5, 0.6) is 0 Å². The summed E-state index contributed by atoms with van der Waals surface area (Å²) in [6.45, 7) is 7.90. The molecule has 25 heavy (non-hydrogen) atoms. The van der Waals surface area contributed by atoms with Gasteiger partial charge in [0.05, 0.1) is 12.5 Å². The Morgan fingerprint density at radius 1 is 1.44 bits per heavy atom. The maximum atomic E-state index is 11.9. The molecule has 138 valence electrons. The van der Waals surface area contributed by atoms with Gasteiger partial charge in [-0.15, -0.1) is 0 Å². The van der Waals surface area contributed by atoms with Gasteiger partial charge >= 0.3 is 11.9 Å². The van der Waals surface area contributed by atoms with E-state index < -0.39 is 0 Å². The summed E-state index contributed by atoms with van der Waals surface area (Å²) < 4.78 is 10.8. The topological polar surface area (TPSA) is 72.8 Å². The first kappa shape index (κ1) is 19.4. The number of esters is 2. The molecule has 0 amide bonds. The van der Waals surface area contributed by atoms with E-state index in [9.17, 15) is 14.7 Å². The Balaban J connectivity index is 2.11. The van der Waals surface area contributed by atoms with Crippen LogP contribution in [-0.2, 0) is 19.1 Å². The lowest BCUT2D eigenvalue weighted by molar-refractivity contribution is -0.147. The molecule has 1 aliphatic heterocycles. The zero-order chi connectivity index (χ0) is 18.4. The molecule has 1 N–H and O–H groups in total. The summed E-state index contributed by atoms with van der Waals surface area (Å²) in [6.07, 6.45) is 7.20. The highest BCUT2D eigenvalue weighted by Gasteiger charge is 2.38. The van der Waals surface area contributed by atoms with Crippen molar-refractivity contribution in [2.75, 3.05) is 13.2 Å². The largest absolute Gasteiger partial charge is 0.461 e. The van der Waals surface area contributed by atoms with Gasteiger partial charge in [-0.2, -0.15) is 0 Å². The van der Waals surface area contributed by atoms with Crippen molar-refractivity contribution in [3.63, 3.8) is 0 Å². The van der Waals surface area contributed by atoms with Crippen molar-refractivity contribution < 1.29 is 24.2 Å². The molecule has 1 aliphatic carbocycles. The zero-order valence-electron chi connectivity index (χ0n) is 15.1. The number of aliphatic hydroxyl groups is 1. The molecule has 0 spiro atoms. The number of ether oxygens (including phenoxy) is 2. The lowest BCUT2D eigenvalue weighted by atomic mass is 9.87. The van der Waals surface area contributed by atoms with Crippen LogP contribution in [0, 0.1) is 11.8 Å². The molecule has 0 aromatic heterocycles. The van der Waals surface area contributed by atoms with Gasteiger partial charge in [-0.25, -0.2) is 4.79 Å². The predicted molar refractivity (Wildman–Crippen MR) is 94.6 cm³/mol. The summed E-state index contributed by atoms with van der Waals surface area (Å²) in [4.78, 5) is 23.7. The number of rotatable bonds is 5. The first-order valence-corrected chi connectivity index (χ1v) is 8.99. The number of fused-ring (bicyclic) bond motifs is 1. The standard InChI is InChI=1S/C20H28O5/c1-4-13(2)19(22)24-12-15-6-5-7-16(11-21)10-18-17(9-8-15)14(3)20(23)25-18/h7-8,13,17-18,21H,3-6,9-12H2,1-2H3/b15-8+,16-7+/t13?,17-,18+/m1/s1. The molecule has 1 unspecified atom stereocenters. The molecule has 0 aromatic rings. The Hall–Kier alpha value is -1.88. The van der Waals surface area contributed by atoms with E-state index in [-0.39, 0.29) is 43.1 Å². The Bertz CT molecular complexity index is 587. The maximum Gasteiger partial charge on any atom is 0.334 e. The second-order valence-electron chi connectivity index (χ2n) is 6.85. The minimum atomic E-state index is -0.357. The van der Waals surface area contributed by atoms with E-state index in [0.717, 1.165) is 30.4 Å². The number of hydrogen-bond acceptors (Lipinski definition) is 5. The maximum absolute atomic E-state index is 11.9. The number of carbonyl (C=O) groups excluding carboxylic acids is 2. The molecule has 3 atom stereocenters. The van der Waals surface area contributed by atoms with Gasteiger partial charge < -0.3 is 14.6 Å². The van der Waals surface area contributed by atoms with Gasteiger partial charge in [0.25, 0.3) is 0 Å². The van der Waals surface area contributed by atoms with Gasteiger partial charge in [0.15, 0.2) is 0 Å². The normalized spacial score (nSPS) is 29.6. The van der Waals surface area contributed by atoms with Gasteiger partial charge in [0.2, 0.25) is 0 Å². The molecule has 2 aliphatic rings. The Morgan fingerprint density at radius 3 is 2.88 bits per heavy atom. The summed E-state index contributed by atoms with van der Waals surface area (Å²) in [5.74, 6) is -0.745. The van der Waals surface area contributed by atoms with Crippen LogP contribution in [0.15, 0.2) is 35.5 Å².